The number of aromatic amines is 1. The van der Waals surface area contributed by atoms with Gasteiger partial charge in [-0.2, -0.15) is 18.3 Å². The van der Waals surface area contributed by atoms with E-state index in [1.54, 1.807) is 0 Å². The quantitative estimate of drug-likeness (QED) is 0.778. The molecule has 3 heterocycles. The zero-order valence-corrected chi connectivity index (χ0v) is 11.2. The van der Waals surface area contributed by atoms with Crippen LogP contribution in [0.1, 0.15) is 5.69 Å². The van der Waals surface area contributed by atoms with Crippen LogP contribution in [0.5, 0.6) is 0 Å². The second kappa shape index (κ2) is 4.98. The highest BCUT2D eigenvalue weighted by Crippen LogP contribution is 2.32. The van der Waals surface area contributed by atoms with Gasteiger partial charge < -0.3 is 0 Å². The van der Waals surface area contributed by atoms with E-state index in [0.717, 1.165) is 4.68 Å². The minimum Gasteiger partial charge on any atom is -0.296 e. The van der Waals surface area contributed by atoms with E-state index in [0.29, 0.717) is 6.07 Å². The predicted molar refractivity (Wildman–Crippen MR) is 67.5 cm³/mol. The van der Waals surface area contributed by atoms with Crippen LogP contribution in [-0.2, 0) is 6.18 Å². The smallest absolute Gasteiger partial charge is 0.296 e. The number of hydrogen-bond acceptors (Lipinski definition) is 5. The summed E-state index contributed by atoms with van der Waals surface area (Å²) < 4.78 is 43.8. The van der Waals surface area contributed by atoms with Gasteiger partial charge >= 0.3 is 11.9 Å². The van der Waals surface area contributed by atoms with Gasteiger partial charge in [0.1, 0.15) is 5.69 Å². The minimum absolute atomic E-state index is 0.0430. The first-order valence-corrected chi connectivity index (χ1v) is 6.08. The molecule has 0 aliphatic heterocycles. The standard InChI is InChI=1S/C11H5ClF3N5O2/c12-5-2-1-3-16-9(5)20-6(8-17-10(21)22-19-8)4-7(18-20)11(13,14)15/h1-4H,(H,17,19,21). The van der Waals surface area contributed by atoms with Crippen LogP contribution in [0, 0.1) is 0 Å². The molecule has 1 N–H and O–H groups in total. The lowest BCUT2D eigenvalue weighted by atomic mass is 10.3. The summed E-state index contributed by atoms with van der Waals surface area (Å²) in [4.78, 5) is 17.0. The second-order valence-corrected chi connectivity index (χ2v) is 4.48. The second-order valence-electron chi connectivity index (χ2n) is 4.08. The van der Waals surface area contributed by atoms with Gasteiger partial charge in [-0.3, -0.25) is 9.51 Å². The maximum absolute atomic E-state index is 12.9. The molecule has 11 heteroatoms. The highest BCUT2D eigenvalue weighted by molar-refractivity contribution is 6.32. The largest absolute Gasteiger partial charge is 0.439 e. The Morgan fingerprint density at radius 3 is 2.73 bits per heavy atom. The van der Waals surface area contributed by atoms with Crippen molar-refractivity contribution in [3.63, 3.8) is 0 Å². The number of nitrogens with zero attached hydrogens (tertiary/aromatic N) is 4. The molecule has 0 fully saturated rings. The fraction of sp³-hybridized carbons (Fsp3) is 0.0909. The predicted octanol–water partition coefficient (Wildman–Crippen LogP) is 2.28. The Balaban J connectivity index is 2.26. The van der Waals surface area contributed by atoms with Crippen LogP contribution < -0.4 is 5.76 Å². The number of alkyl halides is 3. The Kier molecular flexibility index (Phi) is 3.24. The number of pyridine rings is 1. The van der Waals surface area contributed by atoms with Crippen LogP contribution in [0.4, 0.5) is 13.2 Å². The van der Waals surface area contributed by atoms with E-state index in [4.69, 9.17) is 11.6 Å². The molecular weight excluding hydrogens is 327 g/mol. The van der Waals surface area contributed by atoms with Crippen LogP contribution in [-0.4, -0.2) is 24.9 Å². The molecule has 3 rings (SSSR count). The van der Waals surface area contributed by atoms with Crippen molar-refractivity contribution in [1.82, 2.24) is 24.9 Å². The SMILES string of the molecule is O=c1[nH]c(-c2cc(C(F)(F)F)nn2-c2ncccc2Cl)no1. The van der Waals surface area contributed by atoms with Crippen molar-refractivity contribution in [1.29, 1.82) is 0 Å². The summed E-state index contributed by atoms with van der Waals surface area (Å²) in [6.07, 6.45) is -3.35. The van der Waals surface area contributed by atoms with Crippen LogP contribution in [0.2, 0.25) is 5.02 Å². The first-order chi connectivity index (χ1) is 10.4. The number of aromatic nitrogens is 5. The molecule has 114 valence electrons. The fourth-order valence-electron chi connectivity index (χ4n) is 1.72. The third-order valence-corrected chi connectivity index (χ3v) is 2.92. The third kappa shape index (κ3) is 2.48. The fourth-order valence-corrected chi connectivity index (χ4v) is 1.92. The molecule has 7 nitrogen and oxygen atoms in total. The summed E-state index contributed by atoms with van der Waals surface area (Å²) in [5.74, 6) is -1.18. The van der Waals surface area contributed by atoms with Gasteiger partial charge in [0.15, 0.2) is 11.5 Å². The lowest BCUT2D eigenvalue weighted by molar-refractivity contribution is -0.141. The van der Waals surface area contributed by atoms with Gasteiger partial charge in [0.25, 0.3) is 0 Å². The van der Waals surface area contributed by atoms with Gasteiger partial charge in [0.05, 0.1) is 5.02 Å². The van der Waals surface area contributed by atoms with Crippen molar-refractivity contribution < 1.29 is 17.7 Å². The molecule has 0 amide bonds. The van der Waals surface area contributed by atoms with Crippen LogP contribution in [0.3, 0.4) is 0 Å². The maximum atomic E-state index is 12.9. The van der Waals surface area contributed by atoms with Crippen molar-refractivity contribution in [3.05, 3.63) is 45.7 Å². The van der Waals surface area contributed by atoms with E-state index >= 15 is 0 Å². The third-order valence-electron chi connectivity index (χ3n) is 2.62. The molecule has 3 aromatic heterocycles. The number of nitrogens with one attached hydrogen (secondary N) is 1. The molecule has 0 aliphatic rings. The molecule has 22 heavy (non-hydrogen) atoms. The van der Waals surface area contributed by atoms with Gasteiger partial charge in [0, 0.05) is 12.3 Å². The molecule has 0 saturated carbocycles. The monoisotopic (exact) mass is 331 g/mol. The summed E-state index contributed by atoms with van der Waals surface area (Å²) in [5, 5.41) is 6.87. The molecule has 0 unspecified atom stereocenters. The van der Waals surface area contributed by atoms with Gasteiger partial charge in [-0.1, -0.05) is 16.8 Å². The van der Waals surface area contributed by atoms with Crippen LogP contribution >= 0.6 is 11.6 Å². The number of halogens is 4. The summed E-state index contributed by atoms with van der Waals surface area (Å²) in [7, 11) is 0. The molecule has 0 radical (unpaired) electrons. The summed E-state index contributed by atoms with van der Waals surface area (Å²) in [6.45, 7) is 0. The summed E-state index contributed by atoms with van der Waals surface area (Å²) in [6, 6.07) is 3.66. The Bertz CT molecular complexity index is 882. The molecule has 0 aliphatic carbocycles. The van der Waals surface area contributed by atoms with Crippen molar-refractivity contribution >= 4 is 11.6 Å². The highest BCUT2D eigenvalue weighted by Gasteiger charge is 2.36. The van der Waals surface area contributed by atoms with Gasteiger partial charge in [-0.15, -0.1) is 0 Å². The zero-order chi connectivity index (χ0) is 15.9. The number of H-pyrrole nitrogens is 1. The molecule has 3 aromatic rings. The lowest BCUT2D eigenvalue weighted by Gasteiger charge is -2.05. The molecular formula is C11H5ClF3N5O2. The molecule has 0 atom stereocenters. The van der Waals surface area contributed by atoms with Crippen molar-refractivity contribution in [2.75, 3.05) is 0 Å². The van der Waals surface area contributed by atoms with E-state index in [1.165, 1.54) is 18.3 Å². The summed E-state index contributed by atoms with van der Waals surface area (Å²) in [5.41, 5.74) is -1.35. The van der Waals surface area contributed by atoms with E-state index in [2.05, 4.69) is 24.7 Å². The molecule has 0 bridgehead atoms. The van der Waals surface area contributed by atoms with Crippen LogP contribution in [0.15, 0.2) is 33.7 Å². The molecule has 0 spiro atoms. The average Bonchev–Trinajstić information content (AvgIpc) is 3.04. The van der Waals surface area contributed by atoms with E-state index in [-0.39, 0.29) is 22.4 Å². The minimum atomic E-state index is -4.69. The van der Waals surface area contributed by atoms with E-state index in [9.17, 15) is 18.0 Å². The van der Waals surface area contributed by atoms with Gasteiger partial charge in [0.2, 0.25) is 5.82 Å². The molecule has 0 saturated heterocycles. The van der Waals surface area contributed by atoms with Crippen molar-refractivity contribution in [2.45, 2.75) is 6.18 Å². The lowest BCUT2D eigenvalue weighted by Crippen LogP contribution is -2.08. The summed E-state index contributed by atoms with van der Waals surface area (Å²) >= 11 is 5.93. The molecule has 0 aromatic carbocycles. The van der Waals surface area contributed by atoms with Gasteiger partial charge in [-0.25, -0.2) is 14.5 Å². The van der Waals surface area contributed by atoms with Crippen molar-refractivity contribution in [3.8, 4) is 17.3 Å². The Hall–Kier alpha value is -2.62. The number of rotatable bonds is 2. The van der Waals surface area contributed by atoms with Crippen LogP contribution in [0.25, 0.3) is 17.3 Å². The zero-order valence-electron chi connectivity index (χ0n) is 10.4. The first-order valence-electron chi connectivity index (χ1n) is 5.71. The van der Waals surface area contributed by atoms with E-state index in [1.807, 2.05) is 0 Å². The number of hydrogen-bond donors (Lipinski definition) is 1. The normalized spacial score (nSPS) is 11.8. The van der Waals surface area contributed by atoms with Gasteiger partial charge in [-0.05, 0) is 12.1 Å². The van der Waals surface area contributed by atoms with E-state index < -0.39 is 17.6 Å². The maximum Gasteiger partial charge on any atom is 0.439 e. The Morgan fingerprint density at radius 2 is 2.14 bits per heavy atom. The Morgan fingerprint density at radius 1 is 1.36 bits per heavy atom. The topological polar surface area (TPSA) is 89.6 Å². The Labute approximate surface area is 124 Å². The average molecular weight is 332 g/mol. The van der Waals surface area contributed by atoms with Crippen molar-refractivity contribution in [2.24, 2.45) is 0 Å². The first kappa shape index (κ1) is 14.3. The highest BCUT2D eigenvalue weighted by atomic mass is 35.5.